The molecule has 0 aliphatic carbocycles. The normalized spacial score (nSPS) is 11.8. The van der Waals surface area contributed by atoms with Crippen LogP contribution in [0.5, 0.6) is 0 Å². The van der Waals surface area contributed by atoms with E-state index >= 15 is 0 Å². The number of hydrogen-bond acceptors (Lipinski definition) is 15. The number of rotatable bonds is 13. The number of thiophene rings is 1. The van der Waals surface area contributed by atoms with Gasteiger partial charge in [-0.3, -0.25) is 13.9 Å². The number of azo groups is 2. The Morgan fingerprint density at radius 3 is 2.02 bits per heavy atom. The van der Waals surface area contributed by atoms with Gasteiger partial charge in [-0.15, -0.1) is 20.5 Å². The summed E-state index contributed by atoms with van der Waals surface area (Å²) >= 11 is 13.1. The Kier molecular flexibility index (Phi) is 13.6. The molecule has 0 fully saturated rings. The molecule has 0 atom stereocenters. The summed E-state index contributed by atoms with van der Waals surface area (Å²) in [5.41, 5.74) is 2.49. The number of nitrogens with zero attached hydrogens (tertiary/aromatic N) is 7. The van der Waals surface area contributed by atoms with Crippen LogP contribution >= 0.6 is 34.5 Å². The van der Waals surface area contributed by atoms with Crippen molar-refractivity contribution in [2.24, 2.45) is 26.4 Å². The zero-order chi connectivity index (χ0) is 47.5. The molecule has 1 amide bonds. The third-order valence-electron chi connectivity index (χ3n) is 9.65. The van der Waals surface area contributed by atoms with Crippen LogP contribution in [0.3, 0.4) is 0 Å². The molecule has 7 rings (SSSR count). The van der Waals surface area contributed by atoms with E-state index in [4.69, 9.17) is 23.2 Å². The van der Waals surface area contributed by atoms with Crippen LogP contribution < -0.4 is 16.0 Å². The first kappa shape index (κ1) is 46.8. The Hall–Kier alpha value is -7.14. The van der Waals surface area contributed by atoms with Crippen LogP contribution in [0.2, 0.25) is 10.0 Å². The van der Waals surface area contributed by atoms with E-state index in [0.717, 1.165) is 17.4 Å². The molecule has 0 saturated heterocycles. The van der Waals surface area contributed by atoms with E-state index in [1.165, 1.54) is 30.3 Å². The summed E-state index contributed by atoms with van der Waals surface area (Å²) in [6, 6.07) is 30.4. The van der Waals surface area contributed by atoms with Gasteiger partial charge in [0.15, 0.2) is 16.6 Å². The topological polar surface area (TPSA) is 272 Å². The summed E-state index contributed by atoms with van der Waals surface area (Å²) in [6.07, 6.45) is 0. The van der Waals surface area contributed by atoms with E-state index in [9.17, 15) is 41.3 Å². The van der Waals surface area contributed by atoms with E-state index in [2.05, 4.69) is 53.5 Å². The van der Waals surface area contributed by atoms with E-state index in [0.29, 0.717) is 32.9 Å². The predicted octanol–water partition coefficient (Wildman–Crippen LogP) is 12.7. The molecular weight excluding hydrogens is 948 g/mol. The standard InChI is InChI=1S/C44H32Cl2N10O7S3/c1-23(2)42(57)51-29-12-8-26(9-13-29)38-34(22-48)43(64-44(38)56-53-31-14-7-25-5-4-6-36(32(25)19-31)65(58,59)60)55-54-39-24(3)33(21-47)40(52-41(39)49-28-15-10-27(45)11-16-28)50-30-17-18-35(46)37(20-30)66(61,62)63/h4-20,23H,1-3H3,(H,51,57)(H2,49,50,52)(H,58,59,60)(H,61,62,63). The highest BCUT2D eigenvalue weighted by Gasteiger charge is 2.24. The lowest BCUT2D eigenvalue weighted by atomic mass is 10.0. The van der Waals surface area contributed by atoms with Gasteiger partial charge in [-0.25, -0.2) is 4.98 Å². The molecule has 2 heterocycles. The van der Waals surface area contributed by atoms with Crippen molar-refractivity contribution in [3.8, 4) is 23.3 Å². The van der Waals surface area contributed by atoms with E-state index in [-0.39, 0.29) is 82.5 Å². The molecule has 0 bridgehead atoms. The number of fused-ring (bicyclic) bond motifs is 1. The second kappa shape index (κ2) is 19.1. The second-order valence-electron chi connectivity index (χ2n) is 14.5. The highest BCUT2D eigenvalue weighted by atomic mass is 35.5. The SMILES string of the molecule is Cc1c(C#N)c(Nc2ccc(Cl)c(S(=O)(=O)O)c2)nc(Nc2ccc(Cl)cc2)c1N=Nc1sc(N=Nc2ccc3cccc(S(=O)(=O)O)c3c2)c(-c2ccc(NC(=O)C(C)C)cc2)c1C#N. The fourth-order valence-corrected chi connectivity index (χ4v) is 9.11. The van der Waals surface area contributed by atoms with Crippen molar-refractivity contribution in [1.82, 2.24) is 4.98 Å². The molecule has 17 nitrogen and oxygen atoms in total. The second-order valence-corrected chi connectivity index (χ2v) is 19.1. The molecule has 0 spiro atoms. The molecule has 332 valence electrons. The van der Waals surface area contributed by atoms with E-state index in [1.807, 2.05) is 0 Å². The average Bonchev–Trinajstić information content (AvgIpc) is 3.63. The third kappa shape index (κ3) is 10.4. The zero-order valence-electron chi connectivity index (χ0n) is 34.4. The number of benzene rings is 5. The van der Waals surface area contributed by atoms with E-state index < -0.39 is 25.1 Å². The first-order valence-corrected chi connectivity index (χ1v) is 23.6. The number of pyridine rings is 1. The molecule has 0 aliphatic heterocycles. The Morgan fingerprint density at radius 1 is 0.727 bits per heavy atom. The predicted molar refractivity (Wildman–Crippen MR) is 253 cm³/mol. The lowest BCUT2D eigenvalue weighted by Gasteiger charge is -2.16. The van der Waals surface area contributed by atoms with Gasteiger partial charge < -0.3 is 16.0 Å². The molecular formula is C44H32Cl2N10O7S3. The van der Waals surface area contributed by atoms with Gasteiger partial charge in [0.1, 0.15) is 38.2 Å². The molecule has 0 unspecified atom stereocenters. The van der Waals surface area contributed by atoms with Crippen molar-refractivity contribution in [2.45, 2.75) is 30.6 Å². The fraction of sp³-hybridized carbons (Fsp3) is 0.0909. The highest BCUT2D eigenvalue weighted by molar-refractivity contribution is 7.86. The molecule has 7 aromatic rings. The maximum absolute atomic E-state index is 12.4. The van der Waals surface area contributed by atoms with Gasteiger partial charge in [-0.2, -0.15) is 27.4 Å². The molecule has 66 heavy (non-hydrogen) atoms. The Bertz CT molecular complexity index is 3460. The number of hydrogen-bond donors (Lipinski definition) is 5. The van der Waals surface area contributed by atoms with Crippen LogP contribution in [-0.4, -0.2) is 36.8 Å². The highest BCUT2D eigenvalue weighted by Crippen LogP contribution is 2.49. The number of halogens is 2. The smallest absolute Gasteiger partial charge is 0.296 e. The number of carbonyl (C=O) groups excluding carboxylic acids is 1. The van der Waals surface area contributed by atoms with Gasteiger partial charge in [0.05, 0.1) is 16.3 Å². The van der Waals surface area contributed by atoms with Crippen molar-refractivity contribution in [3.63, 3.8) is 0 Å². The Balaban J connectivity index is 1.37. The van der Waals surface area contributed by atoms with Gasteiger partial charge in [-0.05, 0) is 90.7 Å². The number of carbonyl (C=O) groups is 1. The number of nitrogens with one attached hydrogen (secondary N) is 3. The third-order valence-corrected chi connectivity index (χ3v) is 13.1. The lowest BCUT2D eigenvalue weighted by Crippen LogP contribution is -2.17. The number of nitriles is 2. The van der Waals surface area contributed by atoms with Gasteiger partial charge in [-0.1, -0.05) is 78.7 Å². The molecule has 0 aliphatic rings. The van der Waals surface area contributed by atoms with Crippen molar-refractivity contribution in [3.05, 3.63) is 130 Å². The van der Waals surface area contributed by atoms with Crippen LogP contribution in [0.4, 0.5) is 50.1 Å². The summed E-state index contributed by atoms with van der Waals surface area (Å²) in [5.74, 6) is -0.440. The average molecular weight is 980 g/mol. The first-order valence-electron chi connectivity index (χ1n) is 19.2. The van der Waals surface area contributed by atoms with E-state index in [1.54, 1.807) is 87.5 Å². The summed E-state index contributed by atoms with van der Waals surface area (Å²) in [7, 11) is -9.30. The van der Waals surface area contributed by atoms with Gasteiger partial charge in [0.25, 0.3) is 20.2 Å². The van der Waals surface area contributed by atoms with Crippen LogP contribution in [0.1, 0.15) is 30.5 Å². The Morgan fingerprint density at radius 2 is 1.36 bits per heavy atom. The number of anilines is 5. The minimum Gasteiger partial charge on any atom is -0.339 e. The van der Waals surface area contributed by atoms with Crippen LogP contribution in [0.25, 0.3) is 21.9 Å². The maximum atomic E-state index is 12.4. The van der Waals surface area contributed by atoms with Gasteiger partial charge >= 0.3 is 0 Å². The molecule has 22 heteroatoms. The van der Waals surface area contributed by atoms with Gasteiger partial charge in [0.2, 0.25) is 5.91 Å². The molecule has 0 saturated carbocycles. The van der Waals surface area contributed by atoms with Crippen LogP contribution in [-0.2, 0) is 25.0 Å². The van der Waals surface area contributed by atoms with Crippen LogP contribution in [0, 0.1) is 35.5 Å². The summed E-state index contributed by atoms with van der Waals surface area (Å²) < 4.78 is 68.0. The fourth-order valence-electron chi connectivity index (χ4n) is 6.36. The molecule has 5 N–H and O–H groups in total. The maximum Gasteiger partial charge on any atom is 0.296 e. The zero-order valence-corrected chi connectivity index (χ0v) is 38.4. The Labute approximate surface area is 391 Å². The summed E-state index contributed by atoms with van der Waals surface area (Å²) in [5, 5.41) is 49.1. The molecule has 0 radical (unpaired) electrons. The monoisotopic (exact) mass is 978 g/mol. The largest absolute Gasteiger partial charge is 0.339 e. The quantitative estimate of drug-likeness (QED) is 0.0533. The van der Waals surface area contributed by atoms with Crippen molar-refractivity contribution < 1.29 is 30.7 Å². The minimum atomic E-state index is -4.72. The first-order chi connectivity index (χ1) is 31.3. The molecule has 2 aromatic heterocycles. The molecule has 5 aromatic carbocycles. The summed E-state index contributed by atoms with van der Waals surface area (Å²) in [4.78, 5) is 16.2. The van der Waals surface area contributed by atoms with Gasteiger partial charge in [0, 0.05) is 44.5 Å². The lowest BCUT2D eigenvalue weighted by molar-refractivity contribution is -0.118. The van der Waals surface area contributed by atoms with Crippen molar-refractivity contribution >= 4 is 122 Å². The minimum absolute atomic E-state index is 0.0204. The van der Waals surface area contributed by atoms with Crippen molar-refractivity contribution in [2.75, 3.05) is 16.0 Å². The van der Waals surface area contributed by atoms with Crippen LogP contribution in [0.15, 0.2) is 133 Å². The summed E-state index contributed by atoms with van der Waals surface area (Å²) in [6.45, 7) is 5.10. The number of amides is 1. The van der Waals surface area contributed by atoms with Crippen molar-refractivity contribution in [1.29, 1.82) is 10.5 Å². The number of aromatic nitrogens is 1.